The topological polar surface area (TPSA) is 50.6 Å². The quantitative estimate of drug-likeness (QED) is 0.578. The zero-order chi connectivity index (χ0) is 8.48. The smallest absolute Gasteiger partial charge is 0.343 e. The molecule has 0 aliphatic carbocycles. The van der Waals surface area contributed by atoms with Gasteiger partial charge in [0.05, 0.1) is 0 Å². The molecule has 1 heterocycles. The van der Waals surface area contributed by atoms with E-state index in [9.17, 15) is 13.2 Å². The lowest BCUT2D eigenvalue weighted by Gasteiger charge is -2.00. The highest BCUT2D eigenvalue weighted by atomic mass is 19.4. The molecule has 0 saturated carbocycles. The van der Waals surface area contributed by atoms with E-state index in [2.05, 4.69) is 10.1 Å². The van der Waals surface area contributed by atoms with E-state index in [0.717, 1.165) is 0 Å². The predicted molar refractivity (Wildman–Crippen MR) is 31.8 cm³/mol. The maximum absolute atomic E-state index is 11.7. The van der Waals surface area contributed by atoms with Crippen molar-refractivity contribution in [2.75, 3.05) is 13.1 Å². The van der Waals surface area contributed by atoms with E-state index >= 15 is 0 Å². The van der Waals surface area contributed by atoms with Crippen molar-refractivity contribution >= 4 is 0 Å². The van der Waals surface area contributed by atoms with Gasteiger partial charge in [0.25, 0.3) is 0 Å². The molecule has 0 amide bonds. The Labute approximate surface area is 61.7 Å². The van der Waals surface area contributed by atoms with Crippen molar-refractivity contribution in [2.24, 2.45) is 5.73 Å². The molecule has 1 rings (SSSR count). The van der Waals surface area contributed by atoms with Crippen LogP contribution in [0.15, 0.2) is 0 Å². The minimum Gasteiger partial charge on any atom is -0.343 e. The van der Waals surface area contributed by atoms with Crippen LogP contribution in [0.4, 0.5) is 13.2 Å². The lowest BCUT2D eigenvalue weighted by Crippen LogP contribution is -2.30. The zero-order valence-corrected chi connectivity index (χ0v) is 5.69. The van der Waals surface area contributed by atoms with Crippen LogP contribution in [0.5, 0.6) is 0 Å². The van der Waals surface area contributed by atoms with Gasteiger partial charge in [-0.05, 0) is 0 Å². The highest BCUT2D eigenvalue weighted by Gasteiger charge is 2.57. The second-order valence-corrected chi connectivity index (χ2v) is 2.26. The molecule has 0 bridgehead atoms. The van der Waals surface area contributed by atoms with Crippen molar-refractivity contribution in [1.29, 1.82) is 0 Å². The van der Waals surface area contributed by atoms with Crippen LogP contribution in [0.25, 0.3) is 0 Å². The van der Waals surface area contributed by atoms with Crippen molar-refractivity contribution in [3.63, 3.8) is 0 Å². The molecule has 2 unspecified atom stereocenters. The Morgan fingerprint density at radius 2 is 2.09 bits per heavy atom. The molecule has 0 aromatic heterocycles. The van der Waals surface area contributed by atoms with Crippen LogP contribution in [0.2, 0.25) is 0 Å². The molecule has 6 heteroatoms. The van der Waals surface area contributed by atoms with E-state index in [4.69, 9.17) is 5.73 Å². The van der Waals surface area contributed by atoms with Gasteiger partial charge in [-0.3, -0.25) is 5.32 Å². The van der Waals surface area contributed by atoms with Gasteiger partial charge >= 0.3 is 6.18 Å². The first kappa shape index (κ1) is 8.76. The van der Waals surface area contributed by atoms with Crippen molar-refractivity contribution in [3.05, 3.63) is 0 Å². The van der Waals surface area contributed by atoms with E-state index in [1.807, 2.05) is 0 Å². The van der Waals surface area contributed by atoms with Crippen LogP contribution < -0.4 is 11.1 Å². The highest BCUT2D eigenvalue weighted by molar-refractivity contribution is 4.88. The molecule has 3 N–H and O–H groups in total. The summed E-state index contributed by atoms with van der Waals surface area (Å²) in [6.07, 6.45) is -6.75. The third-order valence-electron chi connectivity index (χ3n) is 1.30. The lowest BCUT2D eigenvalue weighted by molar-refractivity contribution is -0.146. The second-order valence-electron chi connectivity index (χ2n) is 2.26. The first-order chi connectivity index (χ1) is 5.05. The Morgan fingerprint density at radius 3 is 2.45 bits per heavy atom. The van der Waals surface area contributed by atoms with Crippen LogP contribution in [-0.2, 0) is 4.74 Å². The number of hydrogen-bond donors (Lipinski definition) is 2. The van der Waals surface area contributed by atoms with E-state index in [1.54, 1.807) is 0 Å². The van der Waals surface area contributed by atoms with Crippen molar-refractivity contribution < 1.29 is 17.9 Å². The van der Waals surface area contributed by atoms with Crippen LogP contribution >= 0.6 is 0 Å². The van der Waals surface area contributed by atoms with E-state index in [0.29, 0.717) is 13.1 Å². The third kappa shape index (κ3) is 2.32. The van der Waals surface area contributed by atoms with Crippen LogP contribution in [0.1, 0.15) is 0 Å². The summed E-state index contributed by atoms with van der Waals surface area (Å²) in [6, 6.07) is 0. The SMILES string of the molecule is NCCNC1OC1C(F)(F)F. The summed E-state index contributed by atoms with van der Waals surface area (Å²) in [5, 5.41) is 2.50. The molecule has 1 aliphatic rings. The van der Waals surface area contributed by atoms with Crippen molar-refractivity contribution in [2.45, 2.75) is 18.5 Å². The van der Waals surface area contributed by atoms with Gasteiger partial charge in [-0.25, -0.2) is 0 Å². The number of epoxide rings is 1. The summed E-state index contributed by atoms with van der Waals surface area (Å²) in [4.78, 5) is 0. The summed E-state index contributed by atoms with van der Waals surface area (Å²) in [6.45, 7) is 0.654. The maximum atomic E-state index is 11.7. The second kappa shape index (κ2) is 2.96. The average Bonchev–Trinajstić information content (AvgIpc) is 2.60. The van der Waals surface area contributed by atoms with Crippen molar-refractivity contribution in [3.8, 4) is 0 Å². The fourth-order valence-corrected chi connectivity index (χ4v) is 0.742. The van der Waals surface area contributed by atoms with Crippen molar-refractivity contribution in [1.82, 2.24) is 5.32 Å². The first-order valence-electron chi connectivity index (χ1n) is 3.21. The molecule has 2 atom stereocenters. The molecular weight excluding hydrogens is 161 g/mol. The van der Waals surface area contributed by atoms with Gasteiger partial charge in [0.1, 0.15) is 6.23 Å². The van der Waals surface area contributed by atoms with E-state index in [-0.39, 0.29) is 0 Å². The van der Waals surface area contributed by atoms with Gasteiger partial charge in [0.2, 0.25) is 0 Å². The molecule has 1 saturated heterocycles. The third-order valence-corrected chi connectivity index (χ3v) is 1.30. The number of nitrogens with two attached hydrogens (primary N) is 1. The Balaban J connectivity index is 2.16. The largest absolute Gasteiger partial charge is 0.418 e. The summed E-state index contributed by atoms with van der Waals surface area (Å²) in [5.41, 5.74) is 5.06. The molecular formula is C5H9F3N2O. The summed E-state index contributed by atoms with van der Waals surface area (Å²) in [5.74, 6) is 0. The summed E-state index contributed by atoms with van der Waals surface area (Å²) in [7, 11) is 0. The lowest BCUT2D eigenvalue weighted by atomic mass is 10.4. The van der Waals surface area contributed by atoms with Gasteiger partial charge < -0.3 is 10.5 Å². The minimum atomic E-state index is -4.24. The number of nitrogens with one attached hydrogen (secondary N) is 1. The fourth-order valence-electron chi connectivity index (χ4n) is 0.742. The van der Waals surface area contributed by atoms with Gasteiger partial charge in [-0.15, -0.1) is 0 Å². The molecule has 66 valence electrons. The van der Waals surface area contributed by atoms with Crippen LogP contribution in [0.3, 0.4) is 0 Å². The molecule has 0 aromatic rings. The predicted octanol–water partition coefficient (Wildman–Crippen LogP) is -0.178. The number of alkyl halides is 3. The number of halogens is 3. The molecule has 0 radical (unpaired) electrons. The molecule has 11 heavy (non-hydrogen) atoms. The fraction of sp³-hybridized carbons (Fsp3) is 1.00. The summed E-state index contributed by atoms with van der Waals surface area (Å²) < 4.78 is 39.5. The van der Waals surface area contributed by atoms with Crippen LogP contribution in [-0.4, -0.2) is 31.6 Å². The average molecular weight is 170 g/mol. The number of hydrogen-bond acceptors (Lipinski definition) is 3. The van der Waals surface area contributed by atoms with Gasteiger partial charge in [0, 0.05) is 13.1 Å². The van der Waals surface area contributed by atoms with Gasteiger partial charge in [0.15, 0.2) is 6.10 Å². The van der Waals surface area contributed by atoms with Gasteiger partial charge in [-0.2, -0.15) is 13.2 Å². The molecule has 0 aromatic carbocycles. The molecule has 0 spiro atoms. The standard InChI is InChI=1S/C5H9F3N2O/c6-5(7,8)3-4(11-3)10-2-1-9/h3-4,10H,1-2,9H2. The zero-order valence-electron chi connectivity index (χ0n) is 5.69. The van der Waals surface area contributed by atoms with E-state index < -0.39 is 18.5 Å². The normalized spacial score (nSPS) is 30.5. The monoisotopic (exact) mass is 170 g/mol. The Bertz CT molecular complexity index is 138. The molecule has 3 nitrogen and oxygen atoms in total. The number of rotatable bonds is 3. The van der Waals surface area contributed by atoms with Crippen LogP contribution in [0, 0.1) is 0 Å². The summed E-state index contributed by atoms with van der Waals surface area (Å²) >= 11 is 0. The Kier molecular flexibility index (Phi) is 2.36. The van der Waals surface area contributed by atoms with E-state index in [1.165, 1.54) is 0 Å². The molecule has 1 aliphatic heterocycles. The number of ether oxygens (including phenoxy) is 1. The maximum Gasteiger partial charge on any atom is 0.418 e. The highest BCUT2D eigenvalue weighted by Crippen LogP contribution is 2.35. The Hall–Kier alpha value is -0.330. The molecule has 1 fully saturated rings. The Morgan fingerprint density at radius 1 is 1.45 bits per heavy atom. The first-order valence-corrected chi connectivity index (χ1v) is 3.21. The minimum absolute atomic E-state index is 0.310. The van der Waals surface area contributed by atoms with Gasteiger partial charge in [-0.1, -0.05) is 0 Å².